The lowest BCUT2D eigenvalue weighted by Crippen LogP contribution is -2.12. The Hall–Kier alpha value is -0.290. The topological polar surface area (TPSA) is 55.5 Å². The van der Waals surface area contributed by atoms with Crippen molar-refractivity contribution < 1.29 is 9.84 Å². The van der Waals surface area contributed by atoms with Gasteiger partial charge in [0.25, 0.3) is 0 Å². The lowest BCUT2D eigenvalue weighted by Gasteiger charge is -2.13. The van der Waals surface area contributed by atoms with Crippen LogP contribution in [0.25, 0.3) is 0 Å². The molecule has 3 N–H and O–H groups in total. The second-order valence-corrected chi connectivity index (χ2v) is 3.99. The van der Waals surface area contributed by atoms with Gasteiger partial charge in [0, 0.05) is 17.1 Å². The first-order valence-electron chi connectivity index (χ1n) is 4.01. The monoisotopic (exact) mass is 279 g/mol. The van der Waals surface area contributed by atoms with Crippen molar-refractivity contribution in [2.24, 2.45) is 5.73 Å². The molecule has 5 heteroatoms. The fourth-order valence-electron chi connectivity index (χ4n) is 1.10. The quantitative estimate of drug-likeness (QED) is 0.891. The Labute approximate surface area is 95.9 Å². The first-order valence-corrected chi connectivity index (χ1v) is 5.18. The molecule has 3 nitrogen and oxygen atoms in total. The maximum absolute atomic E-state index is 9.59. The van der Waals surface area contributed by atoms with E-state index in [2.05, 4.69) is 15.9 Å². The summed E-state index contributed by atoms with van der Waals surface area (Å²) in [5.74, 6) is 0.583. The second kappa shape index (κ2) is 4.98. The van der Waals surface area contributed by atoms with Crippen LogP contribution in [0.5, 0.6) is 5.75 Å². The first kappa shape index (κ1) is 11.8. The molecule has 0 saturated carbocycles. The van der Waals surface area contributed by atoms with Crippen LogP contribution in [0.4, 0.5) is 0 Å². The Morgan fingerprint density at radius 1 is 1.64 bits per heavy atom. The molecule has 0 aliphatic carbocycles. The summed E-state index contributed by atoms with van der Waals surface area (Å²) >= 11 is 9.17. The number of ether oxygens (including phenoxy) is 1. The number of aliphatic hydroxyl groups is 1. The molecular formula is C9H11BrClNO2. The summed E-state index contributed by atoms with van der Waals surface area (Å²) in [6.45, 7) is 0.141. The highest BCUT2D eigenvalue weighted by Gasteiger charge is 2.14. The van der Waals surface area contributed by atoms with Crippen LogP contribution < -0.4 is 10.5 Å². The first-order chi connectivity index (χ1) is 6.60. The van der Waals surface area contributed by atoms with Crippen LogP contribution >= 0.6 is 27.5 Å². The molecule has 78 valence electrons. The summed E-state index contributed by atoms with van der Waals surface area (Å²) < 4.78 is 5.76. The van der Waals surface area contributed by atoms with Crippen molar-refractivity contribution in [2.45, 2.75) is 6.10 Å². The molecule has 0 aliphatic heterocycles. The van der Waals surface area contributed by atoms with E-state index >= 15 is 0 Å². The maximum atomic E-state index is 9.59. The number of aliphatic hydroxyl groups excluding tert-OH is 1. The Bertz CT molecular complexity index is 333. The molecule has 1 aromatic carbocycles. The molecular weight excluding hydrogens is 269 g/mol. The summed E-state index contributed by atoms with van der Waals surface area (Å²) in [6.07, 6.45) is -0.739. The minimum atomic E-state index is -0.739. The van der Waals surface area contributed by atoms with E-state index in [1.807, 2.05) is 0 Å². The minimum Gasteiger partial charge on any atom is -0.496 e. The number of methoxy groups -OCH3 is 1. The molecule has 0 amide bonds. The molecule has 0 heterocycles. The van der Waals surface area contributed by atoms with Gasteiger partial charge in [-0.05, 0) is 28.1 Å². The van der Waals surface area contributed by atoms with E-state index < -0.39 is 6.10 Å². The number of nitrogens with two attached hydrogens (primary N) is 1. The highest BCUT2D eigenvalue weighted by Crippen LogP contribution is 2.35. The van der Waals surface area contributed by atoms with Crippen molar-refractivity contribution in [3.8, 4) is 5.75 Å². The van der Waals surface area contributed by atoms with Crippen LogP contribution in [0.15, 0.2) is 16.6 Å². The number of benzene rings is 1. The smallest absolute Gasteiger partial charge is 0.134 e. The van der Waals surface area contributed by atoms with Gasteiger partial charge in [0.05, 0.1) is 17.7 Å². The summed E-state index contributed by atoms with van der Waals surface area (Å²) in [5, 5.41) is 10.1. The van der Waals surface area contributed by atoms with E-state index in [4.69, 9.17) is 22.1 Å². The van der Waals surface area contributed by atoms with Gasteiger partial charge in [-0.3, -0.25) is 0 Å². The van der Waals surface area contributed by atoms with Crippen LogP contribution in [0.2, 0.25) is 5.02 Å². The number of rotatable bonds is 3. The Morgan fingerprint density at radius 3 is 2.79 bits per heavy atom. The van der Waals surface area contributed by atoms with Gasteiger partial charge in [-0.25, -0.2) is 0 Å². The van der Waals surface area contributed by atoms with E-state index in [1.54, 1.807) is 12.1 Å². The third-order valence-corrected chi connectivity index (χ3v) is 2.90. The zero-order valence-corrected chi connectivity index (χ0v) is 9.97. The SMILES string of the molecule is COc1cc(Cl)cc(C(O)CN)c1Br. The van der Waals surface area contributed by atoms with Crippen LogP contribution in [0, 0.1) is 0 Å². The zero-order valence-electron chi connectivity index (χ0n) is 7.63. The van der Waals surface area contributed by atoms with Crippen molar-refractivity contribution in [3.63, 3.8) is 0 Å². The van der Waals surface area contributed by atoms with E-state index in [1.165, 1.54) is 7.11 Å². The van der Waals surface area contributed by atoms with Crippen LogP contribution in [-0.4, -0.2) is 18.8 Å². The van der Waals surface area contributed by atoms with Gasteiger partial charge in [0.1, 0.15) is 5.75 Å². The fourth-order valence-corrected chi connectivity index (χ4v) is 1.97. The Morgan fingerprint density at radius 2 is 2.29 bits per heavy atom. The molecule has 0 aliphatic rings. The largest absolute Gasteiger partial charge is 0.496 e. The molecule has 0 aromatic heterocycles. The predicted octanol–water partition coefficient (Wildman–Crippen LogP) is 2.10. The van der Waals surface area contributed by atoms with Gasteiger partial charge in [0.15, 0.2) is 0 Å². The van der Waals surface area contributed by atoms with Gasteiger partial charge < -0.3 is 15.6 Å². The van der Waals surface area contributed by atoms with E-state index in [-0.39, 0.29) is 6.54 Å². The van der Waals surface area contributed by atoms with Crippen molar-refractivity contribution in [2.75, 3.05) is 13.7 Å². The molecule has 1 aromatic rings. The standard InChI is InChI=1S/C9H11BrClNO2/c1-14-8-3-5(11)2-6(9(8)10)7(13)4-12/h2-3,7,13H,4,12H2,1H3. The molecule has 1 atom stereocenters. The molecule has 0 spiro atoms. The van der Waals surface area contributed by atoms with Gasteiger partial charge in [-0.1, -0.05) is 11.6 Å². The van der Waals surface area contributed by atoms with Gasteiger partial charge in [-0.15, -0.1) is 0 Å². The second-order valence-electron chi connectivity index (χ2n) is 2.76. The lowest BCUT2D eigenvalue weighted by molar-refractivity contribution is 0.185. The van der Waals surface area contributed by atoms with Crippen LogP contribution in [-0.2, 0) is 0 Å². The van der Waals surface area contributed by atoms with Gasteiger partial charge in [-0.2, -0.15) is 0 Å². The highest BCUT2D eigenvalue weighted by atomic mass is 79.9. The predicted molar refractivity (Wildman–Crippen MR) is 59.7 cm³/mol. The molecule has 0 bridgehead atoms. The third kappa shape index (κ3) is 2.39. The lowest BCUT2D eigenvalue weighted by atomic mass is 10.1. The Balaban J connectivity index is 3.21. The zero-order chi connectivity index (χ0) is 10.7. The van der Waals surface area contributed by atoms with Crippen LogP contribution in [0.3, 0.4) is 0 Å². The third-order valence-electron chi connectivity index (χ3n) is 1.83. The van der Waals surface area contributed by atoms with Crippen molar-refractivity contribution >= 4 is 27.5 Å². The fraction of sp³-hybridized carbons (Fsp3) is 0.333. The normalized spacial score (nSPS) is 12.6. The number of halogens is 2. The summed E-state index contributed by atoms with van der Waals surface area (Å²) in [7, 11) is 1.54. The molecule has 1 unspecified atom stereocenters. The summed E-state index contributed by atoms with van der Waals surface area (Å²) in [4.78, 5) is 0. The van der Waals surface area contributed by atoms with E-state index in [9.17, 15) is 5.11 Å². The summed E-state index contributed by atoms with van der Waals surface area (Å²) in [5.41, 5.74) is 6.00. The highest BCUT2D eigenvalue weighted by molar-refractivity contribution is 9.10. The average Bonchev–Trinajstić information content (AvgIpc) is 2.19. The van der Waals surface area contributed by atoms with Crippen molar-refractivity contribution in [1.82, 2.24) is 0 Å². The molecule has 0 saturated heterocycles. The average molecular weight is 281 g/mol. The molecule has 1 rings (SSSR count). The molecule has 14 heavy (non-hydrogen) atoms. The van der Waals surface area contributed by atoms with Crippen LogP contribution in [0.1, 0.15) is 11.7 Å². The van der Waals surface area contributed by atoms with Crippen molar-refractivity contribution in [3.05, 3.63) is 27.2 Å². The van der Waals surface area contributed by atoms with E-state index in [0.717, 1.165) is 0 Å². The minimum absolute atomic E-state index is 0.141. The number of hydrogen-bond acceptors (Lipinski definition) is 3. The molecule has 0 radical (unpaired) electrons. The van der Waals surface area contributed by atoms with Crippen molar-refractivity contribution in [1.29, 1.82) is 0 Å². The Kier molecular flexibility index (Phi) is 4.19. The molecule has 0 fully saturated rings. The summed E-state index contributed by atoms with van der Waals surface area (Å²) in [6, 6.07) is 3.32. The number of hydrogen-bond donors (Lipinski definition) is 2. The van der Waals surface area contributed by atoms with Gasteiger partial charge >= 0.3 is 0 Å². The van der Waals surface area contributed by atoms with Gasteiger partial charge in [0.2, 0.25) is 0 Å². The van der Waals surface area contributed by atoms with E-state index in [0.29, 0.717) is 20.8 Å². The maximum Gasteiger partial charge on any atom is 0.134 e.